The van der Waals surface area contributed by atoms with Gasteiger partial charge in [-0.25, -0.2) is 0 Å². The highest BCUT2D eigenvalue weighted by molar-refractivity contribution is 6.30. The zero-order valence-electron chi connectivity index (χ0n) is 15.3. The zero-order valence-corrected chi connectivity index (χ0v) is 16.1. The number of ether oxygens (including phenoxy) is 1. The third-order valence-electron chi connectivity index (χ3n) is 5.21. The maximum absolute atomic E-state index is 12.8. The zero-order chi connectivity index (χ0) is 19.0. The second kappa shape index (κ2) is 7.12. The van der Waals surface area contributed by atoms with Gasteiger partial charge >= 0.3 is 0 Å². The molecule has 1 N–H and O–H groups in total. The Kier molecular flexibility index (Phi) is 4.66. The molecule has 138 valence electrons. The molecule has 0 spiro atoms. The number of aromatic amines is 1. The van der Waals surface area contributed by atoms with Crippen molar-refractivity contribution < 1.29 is 9.53 Å². The Bertz CT molecular complexity index is 1020. The van der Waals surface area contributed by atoms with Crippen molar-refractivity contribution in [3.8, 4) is 5.75 Å². The number of fused-ring (bicyclic) bond motifs is 3. The van der Waals surface area contributed by atoms with Gasteiger partial charge in [-0.3, -0.25) is 4.79 Å². The Hall–Kier alpha value is -2.72. The smallest absolute Gasteiger partial charge is 0.247 e. The Morgan fingerprint density at radius 2 is 2.04 bits per heavy atom. The molecule has 0 bridgehead atoms. The molecule has 1 amide bonds. The molecule has 1 aliphatic heterocycles. The number of hydrogen-bond acceptors (Lipinski definition) is 2. The highest BCUT2D eigenvalue weighted by atomic mass is 35.5. The lowest BCUT2D eigenvalue weighted by Gasteiger charge is -2.32. The van der Waals surface area contributed by atoms with Gasteiger partial charge in [0, 0.05) is 34.2 Å². The molecule has 4 nitrogen and oxygen atoms in total. The van der Waals surface area contributed by atoms with Crippen molar-refractivity contribution in [1.29, 1.82) is 0 Å². The van der Waals surface area contributed by atoms with Crippen LogP contribution in [0.1, 0.15) is 29.8 Å². The minimum Gasteiger partial charge on any atom is -0.497 e. The molecule has 0 radical (unpaired) electrons. The first-order valence-electron chi connectivity index (χ1n) is 8.99. The first kappa shape index (κ1) is 17.7. The normalized spacial score (nSPS) is 16.7. The molecule has 0 fully saturated rings. The average molecular weight is 381 g/mol. The molecule has 1 aromatic heterocycles. The predicted molar refractivity (Wildman–Crippen MR) is 109 cm³/mol. The summed E-state index contributed by atoms with van der Waals surface area (Å²) < 4.78 is 5.35. The van der Waals surface area contributed by atoms with Gasteiger partial charge in [0.1, 0.15) is 5.75 Å². The average Bonchev–Trinajstić information content (AvgIpc) is 3.06. The van der Waals surface area contributed by atoms with Crippen LogP contribution in [0.25, 0.3) is 17.0 Å². The Balaban J connectivity index is 1.58. The van der Waals surface area contributed by atoms with E-state index >= 15 is 0 Å². The summed E-state index contributed by atoms with van der Waals surface area (Å²) in [5.74, 6) is 0.862. The number of nitrogens with one attached hydrogen (secondary N) is 1. The molecule has 1 unspecified atom stereocenters. The van der Waals surface area contributed by atoms with Crippen LogP contribution >= 0.6 is 11.6 Å². The lowest BCUT2D eigenvalue weighted by Crippen LogP contribution is -2.37. The van der Waals surface area contributed by atoms with Gasteiger partial charge in [-0.05, 0) is 60.9 Å². The summed E-state index contributed by atoms with van der Waals surface area (Å²) in [6, 6.07) is 13.5. The summed E-state index contributed by atoms with van der Waals surface area (Å²) in [4.78, 5) is 18.2. The Labute approximate surface area is 163 Å². The molecule has 2 heterocycles. The second-order valence-corrected chi connectivity index (χ2v) is 7.21. The maximum atomic E-state index is 12.8. The Morgan fingerprint density at radius 1 is 1.26 bits per heavy atom. The number of benzene rings is 2. The standard InChI is InChI=1S/C22H21ClN2O2/c1-14-22-18(19-13-17(27-2)8-9-20(19)24-22)11-12-25(14)21(26)10-5-15-3-6-16(23)7-4-15/h3-10,13-14,24H,11-12H2,1-2H3/b10-5+. The number of aromatic nitrogens is 1. The number of nitrogens with zero attached hydrogens (tertiary/aromatic N) is 1. The highest BCUT2D eigenvalue weighted by Gasteiger charge is 2.29. The molecular formula is C22H21ClN2O2. The highest BCUT2D eigenvalue weighted by Crippen LogP contribution is 2.35. The minimum absolute atomic E-state index is 0.00508. The van der Waals surface area contributed by atoms with Crippen LogP contribution in [-0.4, -0.2) is 29.4 Å². The number of hydrogen-bond donors (Lipinski definition) is 1. The molecule has 1 aliphatic rings. The van der Waals surface area contributed by atoms with Crippen LogP contribution in [0, 0.1) is 0 Å². The summed E-state index contributed by atoms with van der Waals surface area (Å²) in [7, 11) is 1.68. The van der Waals surface area contributed by atoms with Gasteiger partial charge in [0.25, 0.3) is 0 Å². The van der Waals surface area contributed by atoms with Gasteiger partial charge in [-0.15, -0.1) is 0 Å². The largest absolute Gasteiger partial charge is 0.497 e. The second-order valence-electron chi connectivity index (χ2n) is 6.77. The van der Waals surface area contributed by atoms with Crippen molar-refractivity contribution in [3.63, 3.8) is 0 Å². The van der Waals surface area contributed by atoms with E-state index in [0.717, 1.165) is 28.9 Å². The molecule has 0 aliphatic carbocycles. The van der Waals surface area contributed by atoms with E-state index in [1.54, 1.807) is 13.2 Å². The number of methoxy groups -OCH3 is 1. The van der Waals surface area contributed by atoms with Gasteiger partial charge in [-0.1, -0.05) is 23.7 Å². The number of carbonyl (C=O) groups excluding carboxylic acids is 1. The van der Waals surface area contributed by atoms with Crippen LogP contribution in [0.3, 0.4) is 0 Å². The van der Waals surface area contributed by atoms with E-state index in [0.29, 0.717) is 11.6 Å². The molecule has 1 atom stereocenters. The van der Waals surface area contributed by atoms with E-state index in [4.69, 9.17) is 16.3 Å². The van der Waals surface area contributed by atoms with Crippen LogP contribution in [0.15, 0.2) is 48.5 Å². The molecule has 3 aromatic rings. The fourth-order valence-corrected chi connectivity index (χ4v) is 3.85. The van der Waals surface area contributed by atoms with Crippen LogP contribution < -0.4 is 4.74 Å². The molecule has 2 aromatic carbocycles. The fraction of sp³-hybridized carbons (Fsp3) is 0.227. The summed E-state index contributed by atoms with van der Waals surface area (Å²) in [6.45, 7) is 2.76. The number of amides is 1. The van der Waals surface area contributed by atoms with E-state index in [2.05, 4.69) is 18.0 Å². The number of H-pyrrole nitrogens is 1. The SMILES string of the molecule is COc1ccc2[nH]c3c(c2c1)CCN(C(=O)/C=C/c1ccc(Cl)cc1)C3C. The van der Waals surface area contributed by atoms with Crippen LogP contribution in [0.5, 0.6) is 5.75 Å². The third-order valence-corrected chi connectivity index (χ3v) is 5.46. The van der Waals surface area contributed by atoms with E-state index in [1.807, 2.05) is 47.4 Å². The lowest BCUT2D eigenvalue weighted by atomic mass is 9.98. The van der Waals surface area contributed by atoms with Gasteiger partial charge in [0.15, 0.2) is 0 Å². The third kappa shape index (κ3) is 3.33. The number of carbonyl (C=O) groups is 1. The van der Waals surface area contributed by atoms with Gasteiger partial charge in [0.2, 0.25) is 5.91 Å². The summed E-state index contributed by atoms with van der Waals surface area (Å²) in [6.07, 6.45) is 4.29. The molecular weight excluding hydrogens is 360 g/mol. The first-order chi connectivity index (χ1) is 13.1. The van der Waals surface area contributed by atoms with Crippen molar-refractivity contribution in [2.45, 2.75) is 19.4 Å². The van der Waals surface area contributed by atoms with E-state index in [-0.39, 0.29) is 11.9 Å². The fourth-order valence-electron chi connectivity index (χ4n) is 3.72. The van der Waals surface area contributed by atoms with Crippen LogP contribution in [0.4, 0.5) is 0 Å². The van der Waals surface area contributed by atoms with E-state index in [9.17, 15) is 4.79 Å². The number of rotatable bonds is 3. The minimum atomic E-state index is -0.00508. The quantitative estimate of drug-likeness (QED) is 0.650. The molecule has 27 heavy (non-hydrogen) atoms. The van der Waals surface area contributed by atoms with Crippen molar-refractivity contribution in [3.05, 3.63) is 70.4 Å². The molecule has 0 saturated heterocycles. The first-order valence-corrected chi connectivity index (χ1v) is 9.37. The molecule has 5 heteroatoms. The lowest BCUT2D eigenvalue weighted by molar-refractivity contribution is -0.128. The van der Waals surface area contributed by atoms with Crippen LogP contribution in [-0.2, 0) is 11.2 Å². The maximum Gasteiger partial charge on any atom is 0.247 e. The summed E-state index contributed by atoms with van der Waals surface area (Å²) in [5.41, 5.74) is 4.43. The van der Waals surface area contributed by atoms with Crippen molar-refractivity contribution in [2.75, 3.05) is 13.7 Å². The molecule has 0 saturated carbocycles. The predicted octanol–water partition coefficient (Wildman–Crippen LogP) is 4.99. The van der Waals surface area contributed by atoms with Gasteiger partial charge in [-0.2, -0.15) is 0 Å². The number of halogens is 1. The van der Waals surface area contributed by atoms with Crippen molar-refractivity contribution in [2.24, 2.45) is 0 Å². The van der Waals surface area contributed by atoms with Gasteiger partial charge < -0.3 is 14.6 Å². The van der Waals surface area contributed by atoms with Crippen molar-refractivity contribution >= 4 is 34.5 Å². The van der Waals surface area contributed by atoms with Gasteiger partial charge in [0.05, 0.1) is 13.2 Å². The summed E-state index contributed by atoms with van der Waals surface area (Å²) >= 11 is 5.91. The summed E-state index contributed by atoms with van der Waals surface area (Å²) in [5, 5.41) is 1.87. The van der Waals surface area contributed by atoms with Crippen LogP contribution in [0.2, 0.25) is 5.02 Å². The van der Waals surface area contributed by atoms with E-state index < -0.39 is 0 Å². The topological polar surface area (TPSA) is 45.3 Å². The molecule has 4 rings (SSSR count). The monoisotopic (exact) mass is 380 g/mol. The van der Waals surface area contributed by atoms with Crippen molar-refractivity contribution in [1.82, 2.24) is 9.88 Å². The van der Waals surface area contributed by atoms with E-state index in [1.165, 1.54) is 10.9 Å². The Morgan fingerprint density at radius 3 is 2.78 bits per heavy atom.